The van der Waals surface area contributed by atoms with Crippen LogP contribution in [0.25, 0.3) is 10.9 Å². The molecule has 13 heavy (non-hydrogen) atoms. The smallest absolute Gasteiger partial charge is 0.167 e. The Morgan fingerprint density at radius 2 is 2.31 bits per heavy atom. The van der Waals surface area contributed by atoms with E-state index in [1.165, 1.54) is 0 Å². The number of aromatic nitrogens is 2. The molecule has 1 aromatic heterocycles. The van der Waals surface area contributed by atoms with E-state index in [0.717, 1.165) is 22.8 Å². The lowest BCUT2D eigenvalue weighted by molar-refractivity contribution is 0.112. The number of aldehydes is 1. The molecule has 0 atom stereocenters. The van der Waals surface area contributed by atoms with Crippen molar-refractivity contribution >= 4 is 42.2 Å². The quantitative estimate of drug-likeness (QED) is 0.521. The van der Waals surface area contributed by atoms with E-state index in [1.54, 1.807) is 12.1 Å². The van der Waals surface area contributed by atoms with Crippen molar-refractivity contribution in [3.8, 4) is 0 Å². The summed E-state index contributed by atoms with van der Waals surface area (Å²) in [6, 6.07) is 3.41. The first kappa shape index (κ1) is 8.32. The van der Waals surface area contributed by atoms with Crippen molar-refractivity contribution in [1.82, 2.24) is 10.2 Å². The summed E-state index contributed by atoms with van der Waals surface area (Å²) in [6.07, 6.45) is 0.770. The second-order valence-electron chi connectivity index (χ2n) is 2.84. The highest BCUT2D eigenvalue weighted by atomic mass is 35.5. The predicted octanol–water partition coefficient (Wildman–Crippen LogP) is 0.287. The van der Waals surface area contributed by atoms with Crippen LogP contribution in [0.1, 0.15) is 10.4 Å². The van der Waals surface area contributed by atoms with Crippen LogP contribution in [0.15, 0.2) is 12.1 Å². The van der Waals surface area contributed by atoms with Gasteiger partial charge in [0.05, 0.1) is 5.52 Å². The fraction of sp³-hybridized carbons (Fsp3) is 0. The van der Waals surface area contributed by atoms with Crippen LogP contribution < -0.4 is 5.59 Å². The molecule has 0 saturated heterocycles. The first-order valence-electron chi connectivity index (χ1n) is 3.82. The number of hydrogen-bond acceptors (Lipinski definition) is 2. The van der Waals surface area contributed by atoms with E-state index in [2.05, 4.69) is 10.2 Å². The summed E-state index contributed by atoms with van der Waals surface area (Å²) in [5.41, 5.74) is 2.14. The van der Waals surface area contributed by atoms with E-state index in [-0.39, 0.29) is 0 Å². The van der Waals surface area contributed by atoms with E-state index in [4.69, 9.17) is 11.6 Å². The Hall–Kier alpha value is -1.29. The van der Waals surface area contributed by atoms with Crippen molar-refractivity contribution in [2.24, 2.45) is 0 Å². The topological polar surface area (TPSA) is 45.8 Å². The maximum atomic E-state index is 10.7. The van der Waals surface area contributed by atoms with Gasteiger partial charge in [-0.15, -0.1) is 0 Å². The van der Waals surface area contributed by atoms with Crippen LogP contribution in [-0.2, 0) is 0 Å². The number of carbonyl (C=O) groups is 1. The monoisotopic (exact) mass is 192 g/mol. The molecule has 0 radical (unpaired) electrons. The number of hydrogen-bond donors (Lipinski definition) is 1. The van der Waals surface area contributed by atoms with E-state index in [9.17, 15) is 4.79 Å². The Labute approximate surface area is 80.5 Å². The SMILES string of the molecule is Bc1n[nH]c2c(C=O)cc(Cl)cc12. The van der Waals surface area contributed by atoms with Crippen LogP contribution >= 0.6 is 11.6 Å². The minimum atomic E-state index is 0.545. The number of H-pyrrole nitrogens is 1. The third-order valence-corrected chi connectivity index (χ3v) is 2.20. The van der Waals surface area contributed by atoms with Crippen molar-refractivity contribution in [3.05, 3.63) is 22.7 Å². The second-order valence-corrected chi connectivity index (χ2v) is 3.28. The minimum absolute atomic E-state index is 0.545. The minimum Gasteiger partial charge on any atom is -0.298 e. The molecule has 0 amide bonds. The molecule has 0 unspecified atom stereocenters. The summed E-state index contributed by atoms with van der Waals surface area (Å²) in [4.78, 5) is 10.7. The molecule has 1 heterocycles. The number of fused-ring (bicyclic) bond motifs is 1. The largest absolute Gasteiger partial charge is 0.298 e. The molecular weight excluding hydrogens is 186 g/mol. The summed E-state index contributed by atoms with van der Waals surface area (Å²) in [5, 5.41) is 8.25. The van der Waals surface area contributed by atoms with Gasteiger partial charge in [-0.05, 0) is 12.1 Å². The van der Waals surface area contributed by atoms with Gasteiger partial charge >= 0.3 is 0 Å². The zero-order valence-electron chi connectivity index (χ0n) is 6.97. The Balaban J connectivity index is 2.91. The van der Waals surface area contributed by atoms with Crippen molar-refractivity contribution in [3.63, 3.8) is 0 Å². The van der Waals surface area contributed by atoms with E-state index >= 15 is 0 Å². The number of halogens is 1. The number of rotatable bonds is 1. The van der Waals surface area contributed by atoms with Crippen LogP contribution in [-0.4, -0.2) is 24.3 Å². The van der Waals surface area contributed by atoms with Gasteiger partial charge in [-0.2, -0.15) is 5.10 Å². The fourth-order valence-electron chi connectivity index (χ4n) is 1.33. The molecule has 0 bridgehead atoms. The first-order chi connectivity index (χ1) is 6.22. The average Bonchev–Trinajstić information content (AvgIpc) is 2.47. The lowest BCUT2D eigenvalue weighted by atomic mass is 9.99. The van der Waals surface area contributed by atoms with Gasteiger partial charge in [0, 0.05) is 21.6 Å². The van der Waals surface area contributed by atoms with Crippen LogP contribution in [0.2, 0.25) is 5.02 Å². The summed E-state index contributed by atoms with van der Waals surface area (Å²) >= 11 is 5.83. The van der Waals surface area contributed by atoms with Crippen LogP contribution in [0.4, 0.5) is 0 Å². The summed E-state index contributed by atoms with van der Waals surface area (Å²) in [6.45, 7) is 0. The highest BCUT2D eigenvalue weighted by Crippen LogP contribution is 2.19. The molecule has 0 aliphatic heterocycles. The van der Waals surface area contributed by atoms with Gasteiger partial charge < -0.3 is 0 Å². The van der Waals surface area contributed by atoms with Gasteiger partial charge in [0.1, 0.15) is 0 Å². The number of carbonyl (C=O) groups excluding carboxylic acids is 1. The third kappa shape index (κ3) is 1.23. The zero-order valence-corrected chi connectivity index (χ0v) is 7.72. The van der Waals surface area contributed by atoms with Gasteiger partial charge in [-0.3, -0.25) is 9.89 Å². The number of nitrogens with zero attached hydrogens (tertiary/aromatic N) is 1. The summed E-state index contributed by atoms with van der Waals surface area (Å²) in [7, 11) is 1.86. The molecule has 5 heteroatoms. The molecule has 0 spiro atoms. The van der Waals surface area contributed by atoms with E-state index in [1.807, 2.05) is 7.85 Å². The third-order valence-electron chi connectivity index (χ3n) is 1.99. The number of nitrogens with one attached hydrogen (secondary N) is 1. The molecule has 3 nitrogen and oxygen atoms in total. The molecule has 1 N–H and O–H groups in total. The predicted molar refractivity (Wildman–Crippen MR) is 54.7 cm³/mol. The number of benzene rings is 1. The van der Waals surface area contributed by atoms with Gasteiger partial charge in [0.15, 0.2) is 14.1 Å². The maximum Gasteiger partial charge on any atom is 0.167 e. The Bertz CT molecular complexity index is 480. The summed E-state index contributed by atoms with van der Waals surface area (Å²) in [5.74, 6) is 0. The zero-order chi connectivity index (χ0) is 9.42. The normalized spacial score (nSPS) is 10.5. The van der Waals surface area contributed by atoms with Gasteiger partial charge in [0.2, 0.25) is 0 Å². The summed E-state index contributed by atoms with van der Waals surface area (Å²) < 4.78 is 0. The van der Waals surface area contributed by atoms with Crippen molar-refractivity contribution < 1.29 is 4.79 Å². The Morgan fingerprint density at radius 1 is 1.54 bits per heavy atom. The first-order valence-corrected chi connectivity index (χ1v) is 4.19. The van der Waals surface area contributed by atoms with Crippen LogP contribution in [0, 0.1) is 0 Å². The Kier molecular flexibility index (Phi) is 1.85. The van der Waals surface area contributed by atoms with E-state index in [0.29, 0.717) is 10.6 Å². The molecule has 0 aliphatic rings. The molecule has 0 saturated carbocycles. The number of aromatic amines is 1. The lowest BCUT2D eigenvalue weighted by Crippen LogP contribution is -2.02. The van der Waals surface area contributed by atoms with Crippen LogP contribution in [0.3, 0.4) is 0 Å². The Morgan fingerprint density at radius 3 is 3.00 bits per heavy atom. The average molecular weight is 192 g/mol. The molecule has 1 aromatic carbocycles. The molecule has 64 valence electrons. The van der Waals surface area contributed by atoms with Crippen molar-refractivity contribution in [1.29, 1.82) is 0 Å². The van der Waals surface area contributed by atoms with Crippen molar-refractivity contribution in [2.75, 3.05) is 0 Å². The maximum absolute atomic E-state index is 10.7. The van der Waals surface area contributed by atoms with E-state index < -0.39 is 0 Å². The van der Waals surface area contributed by atoms with Crippen molar-refractivity contribution in [2.45, 2.75) is 0 Å². The molecule has 0 aliphatic carbocycles. The molecule has 0 fully saturated rings. The molecular formula is C8H6BClN2O. The van der Waals surface area contributed by atoms with Crippen LogP contribution in [0.5, 0.6) is 0 Å². The van der Waals surface area contributed by atoms with Gasteiger partial charge in [-0.1, -0.05) is 11.6 Å². The standard InChI is InChI=1S/C8H6BClN2O/c9-8-6-2-5(10)1-4(3-13)7(6)11-12-8/h1-3H,9H2,(H,11,12). The fourth-order valence-corrected chi connectivity index (χ4v) is 1.56. The highest BCUT2D eigenvalue weighted by Gasteiger charge is 2.06. The van der Waals surface area contributed by atoms with Gasteiger partial charge in [0.25, 0.3) is 0 Å². The highest BCUT2D eigenvalue weighted by molar-refractivity contribution is 6.39. The molecule has 2 rings (SSSR count). The lowest BCUT2D eigenvalue weighted by Gasteiger charge is -1.95. The second kappa shape index (κ2) is 2.89. The van der Waals surface area contributed by atoms with Gasteiger partial charge in [-0.25, -0.2) is 0 Å². The molecule has 2 aromatic rings.